The van der Waals surface area contributed by atoms with Crippen LogP contribution in [-0.4, -0.2) is 43.2 Å². The molecule has 2 aromatic rings. The van der Waals surface area contributed by atoms with Crippen LogP contribution in [0.15, 0.2) is 47.5 Å². The predicted molar refractivity (Wildman–Crippen MR) is 142 cm³/mol. The van der Waals surface area contributed by atoms with E-state index >= 15 is 0 Å². The number of rotatable bonds is 8. The summed E-state index contributed by atoms with van der Waals surface area (Å²) in [5.41, 5.74) is 4.65. The van der Waals surface area contributed by atoms with E-state index in [1.54, 1.807) is 24.9 Å². The molecule has 5 nitrogen and oxygen atoms in total. The van der Waals surface area contributed by atoms with E-state index in [9.17, 15) is 9.18 Å². The van der Waals surface area contributed by atoms with Crippen LogP contribution in [0.5, 0.6) is 0 Å². The number of aliphatic imine (C=N–C) groups is 1. The zero-order chi connectivity index (χ0) is 22.1. The second kappa shape index (κ2) is 13.7. The van der Waals surface area contributed by atoms with Crippen LogP contribution in [-0.2, 0) is 30.1 Å². The second-order valence-electron chi connectivity index (χ2n) is 7.64. The Balaban J connectivity index is 0.00000363. The van der Waals surface area contributed by atoms with Crippen molar-refractivity contribution >= 4 is 47.6 Å². The molecule has 0 spiro atoms. The number of carbonyl (C=O) groups is 1. The molecule has 0 fully saturated rings. The monoisotopic (exact) mass is 570 g/mol. The third kappa shape index (κ3) is 7.65. The summed E-state index contributed by atoms with van der Waals surface area (Å²) < 4.78 is 13.5. The van der Waals surface area contributed by atoms with Gasteiger partial charge in [-0.05, 0) is 53.5 Å². The van der Waals surface area contributed by atoms with Gasteiger partial charge in [-0.15, -0.1) is 24.0 Å². The molecule has 0 atom stereocenters. The van der Waals surface area contributed by atoms with Crippen molar-refractivity contribution in [3.63, 3.8) is 0 Å². The van der Waals surface area contributed by atoms with Crippen molar-refractivity contribution in [2.45, 2.75) is 38.1 Å². The summed E-state index contributed by atoms with van der Waals surface area (Å²) >= 11 is 1.67. The van der Waals surface area contributed by atoms with Gasteiger partial charge in [0.15, 0.2) is 5.96 Å². The van der Waals surface area contributed by atoms with E-state index in [0.717, 1.165) is 36.3 Å². The van der Waals surface area contributed by atoms with Gasteiger partial charge in [0.1, 0.15) is 5.82 Å². The number of fused-ring (bicyclic) bond motifs is 1. The molecule has 0 bridgehead atoms. The van der Waals surface area contributed by atoms with Crippen molar-refractivity contribution in [1.29, 1.82) is 0 Å². The fourth-order valence-corrected chi connectivity index (χ4v) is 4.35. The molecule has 32 heavy (non-hydrogen) atoms. The number of halogens is 2. The lowest BCUT2D eigenvalue weighted by Gasteiger charge is -2.29. The molecule has 2 N–H and O–H groups in total. The van der Waals surface area contributed by atoms with E-state index in [4.69, 9.17) is 0 Å². The number of hydrogen-bond donors (Lipinski definition) is 2. The van der Waals surface area contributed by atoms with Crippen LogP contribution in [0, 0.1) is 5.82 Å². The second-order valence-corrected chi connectivity index (χ2v) is 8.50. The van der Waals surface area contributed by atoms with Crippen molar-refractivity contribution < 1.29 is 9.18 Å². The third-order valence-electron chi connectivity index (χ3n) is 5.48. The number of hydrogen-bond acceptors (Lipinski definition) is 3. The van der Waals surface area contributed by atoms with Gasteiger partial charge < -0.3 is 15.5 Å². The van der Waals surface area contributed by atoms with E-state index < -0.39 is 0 Å². The molecule has 0 unspecified atom stereocenters. The molecule has 0 aromatic heterocycles. The fraction of sp³-hybridized carbons (Fsp3) is 0.417. The molecular formula is C24H32FIN4OS. The summed E-state index contributed by atoms with van der Waals surface area (Å²) in [5.74, 6) is 1.44. The molecule has 1 aliphatic heterocycles. The maximum Gasteiger partial charge on any atom is 0.222 e. The molecular weight excluding hydrogens is 538 g/mol. The molecule has 2 aromatic carbocycles. The lowest BCUT2D eigenvalue weighted by molar-refractivity contribution is -0.132. The van der Waals surface area contributed by atoms with E-state index in [1.165, 1.54) is 17.2 Å². The first-order valence-corrected chi connectivity index (χ1v) is 12.1. The normalized spacial score (nSPS) is 13.2. The largest absolute Gasteiger partial charge is 0.356 e. The molecule has 0 saturated heterocycles. The number of carbonyl (C=O) groups excluding carboxylic acids is 1. The number of benzene rings is 2. The number of nitrogens with zero attached hydrogens (tertiary/aromatic N) is 2. The predicted octanol–water partition coefficient (Wildman–Crippen LogP) is 4.34. The highest BCUT2D eigenvalue weighted by Crippen LogP contribution is 2.19. The third-order valence-corrected chi connectivity index (χ3v) is 6.08. The molecule has 0 radical (unpaired) electrons. The van der Waals surface area contributed by atoms with E-state index in [-0.39, 0.29) is 35.7 Å². The minimum absolute atomic E-state index is 0. The maximum absolute atomic E-state index is 13.5. The Bertz CT molecular complexity index is 925. The SMILES string of the molecule is CN=C(NCCCC(=O)N1CCc2ccccc2C1)NCc1ccc(F)cc1CSC.I. The van der Waals surface area contributed by atoms with Crippen LogP contribution >= 0.6 is 35.7 Å². The molecule has 1 aliphatic rings. The average molecular weight is 571 g/mol. The minimum atomic E-state index is -0.211. The summed E-state index contributed by atoms with van der Waals surface area (Å²) in [6, 6.07) is 13.2. The number of guanidine groups is 1. The zero-order valence-corrected chi connectivity index (χ0v) is 21.8. The van der Waals surface area contributed by atoms with Gasteiger partial charge in [-0.2, -0.15) is 11.8 Å². The molecule has 1 amide bonds. The fourth-order valence-electron chi connectivity index (χ4n) is 3.77. The zero-order valence-electron chi connectivity index (χ0n) is 18.7. The molecule has 174 valence electrons. The average Bonchev–Trinajstić information content (AvgIpc) is 2.79. The summed E-state index contributed by atoms with van der Waals surface area (Å²) in [5, 5.41) is 6.54. The number of nitrogens with one attached hydrogen (secondary N) is 2. The first-order chi connectivity index (χ1) is 15.1. The highest BCUT2D eigenvalue weighted by molar-refractivity contribution is 14.0. The van der Waals surface area contributed by atoms with Crippen LogP contribution < -0.4 is 10.6 Å². The Labute approximate surface area is 211 Å². The van der Waals surface area contributed by atoms with Gasteiger partial charge in [0.25, 0.3) is 0 Å². The minimum Gasteiger partial charge on any atom is -0.356 e. The standard InChI is InChI=1S/C24H31FN4OS.HI/c1-26-24(28-15-19-9-10-22(25)14-21(19)17-31-2)27-12-5-8-23(30)29-13-11-18-6-3-4-7-20(18)16-29;/h3-4,6-7,9-10,14H,5,8,11-13,15-17H2,1-2H3,(H2,26,27,28);1H. The number of thioether (sulfide) groups is 1. The highest BCUT2D eigenvalue weighted by atomic mass is 127. The highest BCUT2D eigenvalue weighted by Gasteiger charge is 2.19. The van der Waals surface area contributed by atoms with Crippen LogP contribution in [0.4, 0.5) is 4.39 Å². The van der Waals surface area contributed by atoms with Crippen molar-refractivity contribution in [3.05, 3.63) is 70.5 Å². The van der Waals surface area contributed by atoms with Gasteiger partial charge in [0.05, 0.1) is 0 Å². The molecule has 3 rings (SSSR count). The summed E-state index contributed by atoms with van der Waals surface area (Å²) in [6.45, 7) is 2.74. The summed E-state index contributed by atoms with van der Waals surface area (Å²) in [4.78, 5) is 18.8. The Morgan fingerprint density at radius 2 is 1.94 bits per heavy atom. The van der Waals surface area contributed by atoms with Gasteiger partial charge in [-0.3, -0.25) is 9.79 Å². The van der Waals surface area contributed by atoms with Crippen molar-refractivity contribution in [1.82, 2.24) is 15.5 Å². The smallest absolute Gasteiger partial charge is 0.222 e. The quantitative estimate of drug-likeness (QED) is 0.215. The van der Waals surface area contributed by atoms with Gasteiger partial charge >= 0.3 is 0 Å². The van der Waals surface area contributed by atoms with Crippen LogP contribution in [0.2, 0.25) is 0 Å². The van der Waals surface area contributed by atoms with Crippen LogP contribution in [0.25, 0.3) is 0 Å². The Morgan fingerprint density at radius 1 is 1.16 bits per heavy atom. The Kier molecular flexibility index (Phi) is 11.3. The molecule has 1 heterocycles. The van der Waals surface area contributed by atoms with Crippen molar-refractivity contribution in [3.8, 4) is 0 Å². The van der Waals surface area contributed by atoms with Crippen LogP contribution in [0.1, 0.15) is 35.1 Å². The van der Waals surface area contributed by atoms with E-state index in [2.05, 4.69) is 33.8 Å². The van der Waals surface area contributed by atoms with Gasteiger partial charge in [0, 0.05) is 45.4 Å². The molecule has 0 saturated carbocycles. The van der Waals surface area contributed by atoms with Crippen LogP contribution in [0.3, 0.4) is 0 Å². The topological polar surface area (TPSA) is 56.7 Å². The Hall–Kier alpha value is -1.81. The lowest BCUT2D eigenvalue weighted by atomic mass is 9.99. The summed E-state index contributed by atoms with van der Waals surface area (Å²) in [7, 11) is 1.72. The van der Waals surface area contributed by atoms with Gasteiger partial charge in [0.2, 0.25) is 5.91 Å². The number of amides is 1. The molecule has 8 heteroatoms. The Morgan fingerprint density at radius 3 is 2.69 bits per heavy atom. The van der Waals surface area contributed by atoms with Crippen molar-refractivity contribution in [2.24, 2.45) is 4.99 Å². The summed E-state index contributed by atoms with van der Waals surface area (Å²) in [6.07, 6.45) is 4.19. The van der Waals surface area contributed by atoms with Gasteiger partial charge in [-0.25, -0.2) is 4.39 Å². The van der Waals surface area contributed by atoms with E-state index in [1.807, 2.05) is 23.3 Å². The van der Waals surface area contributed by atoms with E-state index in [0.29, 0.717) is 32.0 Å². The maximum atomic E-state index is 13.5. The first-order valence-electron chi connectivity index (χ1n) is 10.7. The lowest BCUT2D eigenvalue weighted by Crippen LogP contribution is -2.38. The van der Waals surface area contributed by atoms with Crippen molar-refractivity contribution in [2.75, 3.05) is 26.4 Å². The molecule has 0 aliphatic carbocycles. The van der Waals surface area contributed by atoms with Gasteiger partial charge in [-0.1, -0.05) is 30.3 Å². The first kappa shape index (κ1) is 26.4.